The van der Waals surface area contributed by atoms with Gasteiger partial charge in [0.05, 0.1) is 17.2 Å². The molecule has 1 N–H and O–H groups in total. The summed E-state index contributed by atoms with van der Waals surface area (Å²) in [5.41, 5.74) is -0.358. The Morgan fingerprint density at radius 1 is 1.22 bits per heavy atom. The van der Waals surface area contributed by atoms with Crippen molar-refractivity contribution in [1.82, 2.24) is 19.7 Å². The monoisotopic (exact) mass is 348 g/mol. The molecule has 2 heterocycles. The molecule has 23 heavy (non-hydrogen) atoms. The Labute approximate surface area is 130 Å². The lowest BCUT2D eigenvalue weighted by Gasteiger charge is -2.09. The normalized spacial score (nSPS) is 12.3. The Morgan fingerprint density at radius 2 is 1.91 bits per heavy atom. The fourth-order valence-corrected chi connectivity index (χ4v) is 3.00. The first-order valence-electron chi connectivity index (χ1n) is 6.31. The fraction of sp³-hybridized carbons (Fsp3) is 0.231. The lowest BCUT2D eigenvalue weighted by Crippen LogP contribution is -2.13. The van der Waals surface area contributed by atoms with Gasteiger partial charge in [-0.3, -0.25) is 4.68 Å². The van der Waals surface area contributed by atoms with Crippen molar-refractivity contribution in [2.45, 2.75) is 17.1 Å². The van der Waals surface area contributed by atoms with Crippen molar-refractivity contribution < 1.29 is 22.0 Å². The smallest absolute Gasteiger partial charge is 0.333 e. The van der Waals surface area contributed by atoms with Crippen LogP contribution in [0.5, 0.6) is 0 Å². The van der Waals surface area contributed by atoms with Crippen molar-refractivity contribution in [2.75, 3.05) is 0 Å². The lowest BCUT2D eigenvalue weighted by atomic mass is 10.3. The van der Waals surface area contributed by atoms with Crippen molar-refractivity contribution in [3.05, 3.63) is 41.2 Å². The summed E-state index contributed by atoms with van der Waals surface area (Å²) in [6, 6.07) is 1.88. The number of hydrogen-bond donors (Lipinski definition) is 1. The summed E-state index contributed by atoms with van der Waals surface area (Å²) in [6.07, 6.45) is -3.38. The summed E-state index contributed by atoms with van der Waals surface area (Å²) in [5, 5.41) is 3.88. The zero-order valence-corrected chi connectivity index (χ0v) is 12.4. The highest BCUT2D eigenvalue weighted by molar-refractivity contribution is 7.98. The number of aromatic nitrogens is 4. The minimum atomic E-state index is -4.51. The van der Waals surface area contributed by atoms with Gasteiger partial charge in [-0.05, 0) is 0 Å². The maximum atomic E-state index is 13.1. The highest BCUT2D eigenvalue weighted by Crippen LogP contribution is 2.34. The van der Waals surface area contributed by atoms with Crippen LogP contribution < -0.4 is 0 Å². The predicted molar refractivity (Wildman–Crippen MR) is 73.8 cm³/mol. The molecule has 10 heteroatoms. The highest BCUT2D eigenvalue weighted by atomic mass is 32.2. The van der Waals surface area contributed by atoms with E-state index in [1.165, 1.54) is 7.05 Å². The van der Waals surface area contributed by atoms with Gasteiger partial charge >= 0.3 is 6.18 Å². The largest absolute Gasteiger partial charge is 0.433 e. The zero-order valence-electron chi connectivity index (χ0n) is 11.6. The number of fused-ring (bicyclic) bond motifs is 1. The summed E-state index contributed by atoms with van der Waals surface area (Å²) >= 11 is 0.990. The molecule has 0 atom stereocenters. The number of rotatable bonds is 3. The third kappa shape index (κ3) is 3.03. The Bertz CT molecular complexity index is 828. The second kappa shape index (κ2) is 5.52. The molecule has 4 nitrogen and oxygen atoms in total. The Balaban J connectivity index is 1.84. The van der Waals surface area contributed by atoms with Crippen molar-refractivity contribution >= 4 is 22.8 Å². The lowest BCUT2D eigenvalue weighted by molar-refractivity contribution is -0.144. The molecule has 0 spiro atoms. The number of thioether (sulfide) groups is 1. The molecular formula is C13H9F5N4S. The maximum absolute atomic E-state index is 13.1. The quantitative estimate of drug-likeness (QED) is 0.577. The van der Waals surface area contributed by atoms with E-state index in [0.29, 0.717) is 0 Å². The van der Waals surface area contributed by atoms with Crippen LogP contribution in [0.4, 0.5) is 22.0 Å². The molecule has 0 aliphatic carbocycles. The minimum Gasteiger partial charge on any atom is -0.333 e. The first-order valence-corrected chi connectivity index (χ1v) is 7.30. The number of nitrogens with zero attached hydrogens (tertiary/aromatic N) is 3. The van der Waals surface area contributed by atoms with Crippen LogP contribution in [-0.4, -0.2) is 19.7 Å². The Morgan fingerprint density at radius 3 is 2.61 bits per heavy atom. The van der Waals surface area contributed by atoms with E-state index in [2.05, 4.69) is 15.1 Å². The van der Waals surface area contributed by atoms with Gasteiger partial charge in [0.15, 0.2) is 16.8 Å². The topological polar surface area (TPSA) is 46.5 Å². The summed E-state index contributed by atoms with van der Waals surface area (Å²) in [6.45, 7) is 0. The summed E-state index contributed by atoms with van der Waals surface area (Å²) in [4.78, 5) is 6.76. The highest BCUT2D eigenvalue weighted by Gasteiger charge is 2.37. The molecule has 0 unspecified atom stereocenters. The molecule has 3 rings (SSSR count). The van der Waals surface area contributed by atoms with Crippen LogP contribution in [0.2, 0.25) is 0 Å². The van der Waals surface area contributed by atoms with Gasteiger partial charge in [0.1, 0.15) is 5.69 Å². The van der Waals surface area contributed by atoms with Gasteiger partial charge < -0.3 is 4.98 Å². The van der Waals surface area contributed by atoms with E-state index >= 15 is 0 Å². The van der Waals surface area contributed by atoms with E-state index in [4.69, 9.17) is 0 Å². The maximum Gasteiger partial charge on any atom is 0.433 e. The van der Waals surface area contributed by atoms with Gasteiger partial charge in [-0.15, -0.1) is 0 Å². The zero-order chi connectivity index (χ0) is 16.8. The first kappa shape index (κ1) is 15.8. The van der Waals surface area contributed by atoms with Gasteiger partial charge in [0.2, 0.25) is 0 Å². The molecule has 0 aliphatic heterocycles. The van der Waals surface area contributed by atoms with Gasteiger partial charge in [-0.25, -0.2) is 13.8 Å². The van der Waals surface area contributed by atoms with Gasteiger partial charge in [0, 0.05) is 30.5 Å². The number of hydrogen-bond acceptors (Lipinski definition) is 3. The van der Waals surface area contributed by atoms with Crippen LogP contribution >= 0.6 is 11.8 Å². The molecule has 2 aromatic heterocycles. The molecule has 0 radical (unpaired) electrons. The van der Waals surface area contributed by atoms with Gasteiger partial charge in [0.25, 0.3) is 0 Å². The molecule has 0 saturated heterocycles. The molecule has 122 valence electrons. The third-order valence-electron chi connectivity index (χ3n) is 3.15. The summed E-state index contributed by atoms with van der Waals surface area (Å²) in [7, 11) is 1.21. The van der Waals surface area contributed by atoms with Crippen molar-refractivity contribution in [3.8, 4) is 0 Å². The molecule has 1 aromatic carbocycles. The molecule has 0 fully saturated rings. The van der Waals surface area contributed by atoms with E-state index in [0.717, 1.165) is 34.8 Å². The third-order valence-corrected chi connectivity index (χ3v) is 4.07. The van der Waals surface area contributed by atoms with Crippen LogP contribution in [0.3, 0.4) is 0 Å². The minimum absolute atomic E-state index is 0.00261. The molecule has 0 bridgehead atoms. The molecule has 0 aliphatic rings. The summed E-state index contributed by atoms with van der Waals surface area (Å²) in [5.74, 6) is -2.09. The first-order chi connectivity index (χ1) is 10.8. The number of alkyl halides is 3. The van der Waals surface area contributed by atoms with E-state index in [1.54, 1.807) is 0 Å². The van der Waals surface area contributed by atoms with E-state index in [1.807, 2.05) is 0 Å². The SMILES string of the molecule is Cn1ncc(CSc2nc3cc(F)c(F)cc3[nH]2)c1C(F)(F)F. The summed E-state index contributed by atoms with van der Waals surface area (Å²) < 4.78 is 65.9. The predicted octanol–water partition coefficient (Wildman–Crippen LogP) is 3.89. The Hall–Kier alpha value is -2.10. The average molecular weight is 348 g/mol. The van der Waals surface area contributed by atoms with Gasteiger partial charge in [-0.2, -0.15) is 18.3 Å². The number of benzene rings is 1. The number of aromatic amines is 1. The van der Waals surface area contributed by atoms with E-state index in [-0.39, 0.29) is 27.5 Å². The van der Waals surface area contributed by atoms with Crippen LogP contribution in [0, 0.1) is 11.6 Å². The van der Waals surface area contributed by atoms with Crippen molar-refractivity contribution in [2.24, 2.45) is 7.05 Å². The Kier molecular flexibility index (Phi) is 3.78. The molecule has 0 amide bonds. The van der Waals surface area contributed by atoms with Gasteiger partial charge in [-0.1, -0.05) is 11.8 Å². The van der Waals surface area contributed by atoms with Crippen molar-refractivity contribution in [3.63, 3.8) is 0 Å². The molecule has 0 saturated carbocycles. The van der Waals surface area contributed by atoms with Crippen molar-refractivity contribution in [1.29, 1.82) is 0 Å². The molecular weight excluding hydrogens is 339 g/mol. The number of nitrogens with one attached hydrogen (secondary N) is 1. The van der Waals surface area contributed by atoms with Crippen LogP contribution in [0.1, 0.15) is 11.3 Å². The number of aryl methyl sites for hydroxylation is 1. The van der Waals surface area contributed by atoms with E-state index in [9.17, 15) is 22.0 Å². The second-order valence-corrected chi connectivity index (χ2v) is 5.72. The van der Waals surface area contributed by atoms with Crippen LogP contribution in [0.25, 0.3) is 11.0 Å². The number of imidazole rings is 1. The van der Waals surface area contributed by atoms with E-state index < -0.39 is 23.5 Å². The number of H-pyrrole nitrogens is 1. The fourth-order valence-electron chi connectivity index (χ4n) is 2.15. The number of halogens is 5. The molecule has 3 aromatic rings. The standard InChI is InChI=1S/C13H9F5N4S/c1-22-11(13(16,17)18)6(4-19-22)5-23-12-20-9-2-7(14)8(15)3-10(9)21-12/h2-4H,5H2,1H3,(H,20,21). The second-order valence-electron chi connectivity index (χ2n) is 4.75. The average Bonchev–Trinajstić information content (AvgIpc) is 2.99. The van der Waals surface area contributed by atoms with Crippen LogP contribution in [-0.2, 0) is 19.0 Å². The van der Waals surface area contributed by atoms with Crippen LogP contribution in [0.15, 0.2) is 23.5 Å².